The lowest BCUT2D eigenvalue weighted by Gasteiger charge is -2.17. The molecule has 6 nitrogen and oxygen atoms in total. The van der Waals surface area contributed by atoms with E-state index in [2.05, 4.69) is 20.2 Å². The average Bonchev–Trinajstić information content (AvgIpc) is 3.33. The first kappa shape index (κ1) is 15.4. The minimum atomic E-state index is -0.209. The number of oxazole rings is 1. The molecule has 0 saturated carbocycles. The Bertz CT molecular complexity index is 848. The molecule has 1 aliphatic heterocycles. The molecule has 3 aromatic rings. The van der Waals surface area contributed by atoms with E-state index in [1.165, 1.54) is 6.26 Å². The van der Waals surface area contributed by atoms with Crippen LogP contribution in [-0.4, -0.2) is 35.0 Å². The van der Waals surface area contributed by atoms with Crippen LogP contribution in [0, 0.1) is 0 Å². The van der Waals surface area contributed by atoms with Crippen molar-refractivity contribution in [1.29, 1.82) is 0 Å². The zero-order chi connectivity index (χ0) is 17.1. The molecule has 1 unspecified atom stereocenters. The van der Waals surface area contributed by atoms with E-state index in [1.807, 2.05) is 48.5 Å². The van der Waals surface area contributed by atoms with Crippen LogP contribution in [0.15, 0.2) is 65.4 Å². The monoisotopic (exact) mass is 334 g/mol. The van der Waals surface area contributed by atoms with Gasteiger partial charge >= 0.3 is 0 Å². The molecule has 1 aromatic carbocycles. The number of carbonyl (C=O) groups is 1. The van der Waals surface area contributed by atoms with Crippen molar-refractivity contribution in [3.05, 3.63) is 66.7 Å². The zero-order valence-electron chi connectivity index (χ0n) is 13.6. The highest BCUT2D eigenvalue weighted by molar-refractivity contribution is 5.92. The highest BCUT2D eigenvalue weighted by Gasteiger charge is 2.26. The third kappa shape index (κ3) is 3.38. The van der Waals surface area contributed by atoms with Gasteiger partial charge < -0.3 is 14.6 Å². The number of nitrogens with one attached hydrogen (secondary N) is 1. The topological polar surface area (TPSA) is 71.3 Å². The predicted octanol–water partition coefficient (Wildman–Crippen LogP) is 2.75. The van der Waals surface area contributed by atoms with Crippen molar-refractivity contribution in [2.24, 2.45) is 0 Å². The Labute approximate surface area is 145 Å². The van der Waals surface area contributed by atoms with Crippen LogP contribution >= 0.6 is 0 Å². The number of rotatable bonds is 4. The number of anilines is 1. The lowest BCUT2D eigenvalue weighted by atomic mass is 10.2. The Kier molecular flexibility index (Phi) is 4.16. The Morgan fingerprint density at radius 2 is 2.00 bits per heavy atom. The van der Waals surface area contributed by atoms with E-state index in [4.69, 9.17) is 4.42 Å². The lowest BCUT2D eigenvalue weighted by Crippen LogP contribution is -2.37. The first-order chi connectivity index (χ1) is 12.3. The van der Waals surface area contributed by atoms with Gasteiger partial charge in [0.1, 0.15) is 12.1 Å². The van der Waals surface area contributed by atoms with Crippen LogP contribution in [0.3, 0.4) is 0 Å². The van der Waals surface area contributed by atoms with E-state index >= 15 is 0 Å². The average molecular weight is 334 g/mol. The largest absolute Gasteiger partial charge is 0.444 e. The van der Waals surface area contributed by atoms with Gasteiger partial charge in [-0.15, -0.1) is 0 Å². The Morgan fingerprint density at radius 1 is 1.16 bits per heavy atom. The van der Waals surface area contributed by atoms with Gasteiger partial charge in [0.2, 0.25) is 5.89 Å². The summed E-state index contributed by atoms with van der Waals surface area (Å²) in [5.41, 5.74) is 1.15. The number of hydrogen-bond acceptors (Lipinski definition) is 5. The normalized spacial score (nSPS) is 16.8. The van der Waals surface area contributed by atoms with E-state index in [1.54, 1.807) is 6.20 Å². The fourth-order valence-electron chi connectivity index (χ4n) is 2.98. The summed E-state index contributed by atoms with van der Waals surface area (Å²) in [6.45, 7) is 1.61. The molecule has 4 rings (SSSR count). The summed E-state index contributed by atoms with van der Waals surface area (Å²) in [5, 5.41) is 3.03. The van der Waals surface area contributed by atoms with Crippen molar-refractivity contribution in [1.82, 2.24) is 15.3 Å². The second-order valence-electron chi connectivity index (χ2n) is 6.00. The third-order valence-electron chi connectivity index (χ3n) is 4.25. The Balaban J connectivity index is 1.39. The van der Waals surface area contributed by atoms with E-state index in [0.717, 1.165) is 30.9 Å². The van der Waals surface area contributed by atoms with Gasteiger partial charge in [-0.2, -0.15) is 0 Å². The number of hydrogen-bond donors (Lipinski definition) is 1. The molecule has 0 spiro atoms. The van der Waals surface area contributed by atoms with Crippen LogP contribution in [0.5, 0.6) is 0 Å². The molecule has 3 heterocycles. The van der Waals surface area contributed by atoms with Gasteiger partial charge in [-0.1, -0.05) is 24.3 Å². The molecule has 1 saturated heterocycles. The minimum absolute atomic E-state index is 0.0754. The summed E-state index contributed by atoms with van der Waals surface area (Å²) >= 11 is 0. The predicted molar refractivity (Wildman–Crippen MR) is 94.3 cm³/mol. The lowest BCUT2D eigenvalue weighted by molar-refractivity contribution is 0.0935. The molecule has 1 N–H and O–H groups in total. The molecule has 0 bridgehead atoms. The zero-order valence-corrected chi connectivity index (χ0v) is 13.6. The number of nitrogens with zero attached hydrogens (tertiary/aromatic N) is 3. The quantitative estimate of drug-likeness (QED) is 0.794. The maximum Gasteiger partial charge on any atom is 0.273 e. The highest BCUT2D eigenvalue weighted by Crippen LogP contribution is 2.19. The number of carbonyl (C=O) groups excluding carboxylic acids is 1. The Morgan fingerprint density at radius 3 is 2.80 bits per heavy atom. The van der Waals surface area contributed by atoms with Crippen LogP contribution in [0.2, 0.25) is 0 Å². The third-order valence-corrected chi connectivity index (χ3v) is 4.25. The fraction of sp³-hybridized carbons (Fsp3) is 0.211. The molecule has 1 amide bonds. The summed E-state index contributed by atoms with van der Waals surface area (Å²) in [6.07, 6.45) is 4.07. The van der Waals surface area contributed by atoms with Crippen LogP contribution in [0.25, 0.3) is 11.5 Å². The van der Waals surface area contributed by atoms with Crippen LogP contribution < -0.4 is 10.2 Å². The number of amides is 1. The van der Waals surface area contributed by atoms with Crippen molar-refractivity contribution in [3.8, 4) is 11.5 Å². The van der Waals surface area contributed by atoms with Gasteiger partial charge in [-0.05, 0) is 30.7 Å². The molecule has 0 aliphatic carbocycles. The maximum atomic E-state index is 12.4. The second-order valence-corrected chi connectivity index (χ2v) is 6.00. The summed E-state index contributed by atoms with van der Waals surface area (Å²) in [6, 6.07) is 15.5. The van der Waals surface area contributed by atoms with E-state index < -0.39 is 0 Å². The molecule has 1 atom stereocenters. The first-order valence-electron chi connectivity index (χ1n) is 8.27. The standard InChI is InChI=1S/C19H18N4O2/c24-18(16-13-25-19(22-16)14-6-2-1-3-7-14)21-15-9-11-23(12-15)17-8-4-5-10-20-17/h1-8,10,13,15H,9,11-12H2,(H,21,24). The smallest absolute Gasteiger partial charge is 0.273 e. The van der Waals surface area contributed by atoms with Gasteiger partial charge in [0, 0.05) is 30.9 Å². The van der Waals surface area contributed by atoms with Crippen molar-refractivity contribution in [2.75, 3.05) is 18.0 Å². The molecule has 126 valence electrons. The van der Waals surface area contributed by atoms with Gasteiger partial charge in [0.25, 0.3) is 5.91 Å². The van der Waals surface area contributed by atoms with E-state index in [9.17, 15) is 4.79 Å². The van der Waals surface area contributed by atoms with Crippen LogP contribution in [0.1, 0.15) is 16.9 Å². The van der Waals surface area contributed by atoms with Crippen molar-refractivity contribution in [2.45, 2.75) is 12.5 Å². The summed E-state index contributed by atoms with van der Waals surface area (Å²) < 4.78 is 5.43. The molecular formula is C19H18N4O2. The number of pyridine rings is 1. The SMILES string of the molecule is O=C(NC1CCN(c2ccccn2)C1)c1coc(-c2ccccc2)n1. The van der Waals surface area contributed by atoms with Crippen molar-refractivity contribution < 1.29 is 9.21 Å². The molecule has 0 radical (unpaired) electrons. The van der Waals surface area contributed by atoms with Crippen molar-refractivity contribution >= 4 is 11.7 Å². The first-order valence-corrected chi connectivity index (χ1v) is 8.27. The molecule has 25 heavy (non-hydrogen) atoms. The molecular weight excluding hydrogens is 316 g/mol. The molecule has 1 aliphatic rings. The van der Waals surface area contributed by atoms with Gasteiger partial charge in [-0.25, -0.2) is 9.97 Å². The summed E-state index contributed by atoms with van der Waals surface area (Å²) in [7, 11) is 0. The molecule has 1 fully saturated rings. The van der Waals surface area contributed by atoms with Crippen LogP contribution in [0.4, 0.5) is 5.82 Å². The van der Waals surface area contributed by atoms with Crippen molar-refractivity contribution in [3.63, 3.8) is 0 Å². The maximum absolute atomic E-state index is 12.4. The highest BCUT2D eigenvalue weighted by atomic mass is 16.3. The molecule has 2 aromatic heterocycles. The summed E-state index contributed by atoms with van der Waals surface area (Å²) in [4.78, 5) is 23.2. The molecule has 6 heteroatoms. The number of aromatic nitrogens is 2. The fourth-order valence-corrected chi connectivity index (χ4v) is 2.98. The second kappa shape index (κ2) is 6.76. The van der Waals surface area contributed by atoms with Gasteiger partial charge in [-0.3, -0.25) is 4.79 Å². The van der Waals surface area contributed by atoms with E-state index in [0.29, 0.717) is 11.6 Å². The van der Waals surface area contributed by atoms with Gasteiger partial charge in [0.05, 0.1) is 0 Å². The Hall–Kier alpha value is -3.15. The number of benzene rings is 1. The van der Waals surface area contributed by atoms with Crippen LogP contribution in [-0.2, 0) is 0 Å². The minimum Gasteiger partial charge on any atom is -0.444 e. The summed E-state index contributed by atoms with van der Waals surface area (Å²) in [5.74, 6) is 1.18. The van der Waals surface area contributed by atoms with Gasteiger partial charge in [0.15, 0.2) is 5.69 Å². The van der Waals surface area contributed by atoms with E-state index in [-0.39, 0.29) is 11.9 Å².